The summed E-state index contributed by atoms with van der Waals surface area (Å²) in [4.78, 5) is 0. The van der Waals surface area contributed by atoms with Gasteiger partial charge in [-0.1, -0.05) is 23.2 Å². The van der Waals surface area contributed by atoms with Crippen molar-refractivity contribution in [3.8, 4) is 34.2 Å². The zero-order valence-corrected chi connectivity index (χ0v) is 17.2. The summed E-state index contributed by atoms with van der Waals surface area (Å²) in [5.74, 6) is 2.64. The number of hydrogen-bond acceptors (Lipinski definition) is 5. The average Bonchev–Trinajstić information content (AvgIpc) is 3.28. The molecule has 0 saturated heterocycles. The van der Waals surface area contributed by atoms with Gasteiger partial charge in [-0.05, 0) is 36.8 Å². The Kier molecular flexibility index (Phi) is 5.00. The molecular weight excluding hydrogens is 401 g/mol. The molecule has 1 aromatic heterocycles. The van der Waals surface area contributed by atoms with Gasteiger partial charge in [-0.15, -0.1) is 0 Å². The first-order valence-electron chi connectivity index (χ1n) is 8.68. The van der Waals surface area contributed by atoms with E-state index in [4.69, 9.17) is 42.5 Å². The van der Waals surface area contributed by atoms with E-state index in [1.165, 1.54) is 0 Å². The van der Waals surface area contributed by atoms with Crippen LogP contribution >= 0.6 is 23.2 Å². The van der Waals surface area contributed by atoms with Crippen LogP contribution in [0.15, 0.2) is 30.3 Å². The highest BCUT2D eigenvalue weighted by molar-refractivity contribution is 6.34. The maximum Gasteiger partial charge on any atom is 0.203 e. The molecule has 1 N–H and O–H groups in total. The van der Waals surface area contributed by atoms with E-state index in [2.05, 4.69) is 5.32 Å². The summed E-state index contributed by atoms with van der Waals surface area (Å²) < 4.78 is 18.2. The van der Waals surface area contributed by atoms with Gasteiger partial charge >= 0.3 is 0 Å². The van der Waals surface area contributed by atoms with Gasteiger partial charge < -0.3 is 19.5 Å². The third kappa shape index (κ3) is 3.12. The second-order valence-electron chi connectivity index (χ2n) is 6.31. The minimum atomic E-state index is 0.546. The normalized spacial score (nSPS) is 12.5. The summed E-state index contributed by atoms with van der Waals surface area (Å²) in [6.45, 7) is 0.832. The van der Waals surface area contributed by atoms with Gasteiger partial charge in [-0.25, -0.2) is 4.68 Å². The Morgan fingerprint density at radius 3 is 2.14 bits per heavy atom. The standard InChI is InChI=1S/C20H19Cl2N3O3/c1-26-16-6-11(7-17(27-2)19(16)28-3)18-15-4-5-23-20(15)25(24-18)14-9-12(21)8-13(22)10-14/h6-10,23H,4-5H2,1-3H3. The molecule has 0 amide bonds. The van der Waals surface area contributed by atoms with Crippen LogP contribution in [0, 0.1) is 0 Å². The first kappa shape index (κ1) is 18.8. The summed E-state index contributed by atoms with van der Waals surface area (Å²) >= 11 is 12.4. The Labute approximate surface area is 172 Å². The van der Waals surface area contributed by atoms with Crippen molar-refractivity contribution in [1.29, 1.82) is 0 Å². The topological polar surface area (TPSA) is 57.5 Å². The highest BCUT2D eigenvalue weighted by Crippen LogP contribution is 2.43. The summed E-state index contributed by atoms with van der Waals surface area (Å²) in [6, 6.07) is 9.17. The molecule has 4 rings (SSSR count). The lowest BCUT2D eigenvalue weighted by molar-refractivity contribution is 0.324. The van der Waals surface area contributed by atoms with E-state index in [1.807, 2.05) is 28.9 Å². The molecule has 0 bridgehead atoms. The molecule has 8 heteroatoms. The molecule has 1 aliphatic heterocycles. The molecule has 0 unspecified atom stereocenters. The SMILES string of the molecule is COc1cc(-c2nn(-c3cc(Cl)cc(Cl)c3)c3c2CCN3)cc(OC)c1OC. The number of nitrogens with zero attached hydrogens (tertiary/aromatic N) is 2. The van der Waals surface area contributed by atoms with Gasteiger partial charge in [0.2, 0.25) is 5.75 Å². The largest absolute Gasteiger partial charge is 0.493 e. The van der Waals surface area contributed by atoms with Crippen molar-refractivity contribution in [2.75, 3.05) is 33.2 Å². The van der Waals surface area contributed by atoms with Gasteiger partial charge in [0, 0.05) is 27.7 Å². The van der Waals surface area contributed by atoms with E-state index < -0.39 is 0 Å². The highest BCUT2D eigenvalue weighted by atomic mass is 35.5. The van der Waals surface area contributed by atoms with E-state index in [0.29, 0.717) is 27.3 Å². The van der Waals surface area contributed by atoms with Crippen LogP contribution in [0.5, 0.6) is 17.2 Å². The van der Waals surface area contributed by atoms with Gasteiger partial charge in [0.05, 0.1) is 32.7 Å². The van der Waals surface area contributed by atoms with Gasteiger partial charge in [0.1, 0.15) is 5.82 Å². The molecule has 0 saturated carbocycles. The Morgan fingerprint density at radius 1 is 0.929 bits per heavy atom. The number of rotatable bonds is 5. The van der Waals surface area contributed by atoms with Crippen molar-refractivity contribution in [3.63, 3.8) is 0 Å². The summed E-state index contributed by atoms with van der Waals surface area (Å²) in [7, 11) is 4.78. The lowest BCUT2D eigenvalue weighted by Gasteiger charge is -2.13. The predicted octanol–water partition coefficient (Wildman–Crippen LogP) is 4.84. The molecule has 2 aromatic carbocycles. The van der Waals surface area contributed by atoms with Crippen molar-refractivity contribution in [3.05, 3.63) is 45.9 Å². The highest BCUT2D eigenvalue weighted by Gasteiger charge is 2.26. The molecule has 1 aliphatic rings. The summed E-state index contributed by atoms with van der Waals surface area (Å²) in [5.41, 5.74) is 3.63. The van der Waals surface area contributed by atoms with Crippen LogP contribution in [0.3, 0.4) is 0 Å². The fraction of sp³-hybridized carbons (Fsp3) is 0.250. The maximum absolute atomic E-state index is 6.19. The molecule has 0 aliphatic carbocycles. The minimum absolute atomic E-state index is 0.546. The molecule has 0 atom stereocenters. The predicted molar refractivity (Wildman–Crippen MR) is 111 cm³/mol. The third-order valence-electron chi connectivity index (χ3n) is 4.68. The number of ether oxygens (including phenoxy) is 3. The van der Waals surface area contributed by atoms with E-state index >= 15 is 0 Å². The zero-order chi connectivity index (χ0) is 19.8. The Balaban J connectivity index is 1.91. The zero-order valence-electron chi connectivity index (χ0n) is 15.7. The number of halogens is 2. The summed E-state index contributed by atoms with van der Waals surface area (Å²) in [5, 5.41) is 9.36. The monoisotopic (exact) mass is 419 g/mol. The van der Waals surface area contributed by atoms with E-state index in [9.17, 15) is 0 Å². The molecule has 3 aromatic rings. The average molecular weight is 420 g/mol. The second-order valence-corrected chi connectivity index (χ2v) is 7.18. The smallest absolute Gasteiger partial charge is 0.203 e. The van der Waals surface area contributed by atoms with Crippen molar-refractivity contribution in [1.82, 2.24) is 9.78 Å². The Bertz CT molecular complexity index is 1000. The molecule has 146 valence electrons. The summed E-state index contributed by atoms with van der Waals surface area (Å²) in [6.07, 6.45) is 0.857. The van der Waals surface area contributed by atoms with Crippen molar-refractivity contribution >= 4 is 29.0 Å². The Morgan fingerprint density at radius 2 is 1.57 bits per heavy atom. The maximum atomic E-state index is 6.19. The van der Waals surface area contributed by atoms with Crippen LogP contribution in [-0.2, 0) is 6.42 Å². The minimum Gasteiger partial charge on any atom is -0.493 e. The number of nitrogens with one attached hydrogen (secondary N) is 1. The molecule has 6 nitrogen and oxygen atoms in total. The van der Waals surface area contributed by atoms with Crippen LogP contribution in [0.1, 0.15) is 5.56 Å². The number of hydrogen-bond donors (Lipinski definition) is 1. The number of anilines is 1. The Hall–Kier alpha value is -2.57. The molecule has 0 radical (unpaired) electrons. The second kappa shape index (κ2) is 7.45. The van der Waals surface area contributed by atoms with E-state index in [-0.39, 0.29) is 0 Å². The first-order valence-corrected chi connectivity index (χ1v) is 9.44. The van der Waals surface area contributed by atoms with Gasteiger partial charge in [-0.2, -0.15) is 5.10 Å². The van der Waals surface area contributed by atoms with Gasteiger partial charge in [-0.3, -0.25) is 0 Å². The fourth-order valence-electron chi connectivity index (χ4n) is 3.47. The molecule has 0 spiro atoms. The molecule has 2 heterocycles. The lowest BCUT2D eigenvalue weighted by Crippen LogP contribution is -2.04. The molecule has 28 heavy (non-hydrogen) atoms. The fourth-order valence-corrected chi connectivity index (χ4v) is 3.99. The third-order valence-corrected chi connectivity index (χ3v) is 5.12. The lowest BCUT2D eigenvalue weighted by atomic mass is 10.1. The van der Waals surface area contributed by atoms with Gasteiger partial charge in [0.25, 0.3) is 0 Å². The number of fused-ring (bicyclic) bond motifs is 1. The van der Waals surface area contributed by atoms with Crippen molar-refractivity contribution in [2.24, 2.45) is 0 Å². The number of benzene rings is 2. The van der Waals surface area contributed by atoms with Crippen LogP contribution in [0.25, 0.3) is 16.9 Å². The van der Waals surface area contributed by atoms with Crippen molar-refractivity contribution < 1.29 is 14.2 Å². The van der Waals surface area contributed by atoms with Crippen LogP contribution in [0.2, 0.25) is 10.0 Å². The van der Waals surface area contributed by atoms with Crippen LogP contribution < -0.4 is 19.5 Å². The molecule has 0 fully saturated rings. The van der Waals surface area contributed by atoms with E-state index in [1.54, 1.807) is 27.4 Å². The van der Waals surface area contributed by atoms with Crippen LogP contribution in [-0.4, -0.2) is 37.7 Å². The number of aromatic nitrogens is 2. The van der Waals surface area contributed by atoms with Crippen LogP contribution in [0.4, 0.5) is 5.82 Å². The van der Waals surface area contributed by atoms with Gasteiger partial charge in [0.15, 0.2) is 11.5 Å². The number of methoxy groups -OCH3 is 3. The van der Waals surface area contributed by atoms with Crippen molar-refractivity contribution in [2.45, 2.75) is 6.42 Å². The first-order chi connectivity index (χ1) is 13.5. The quantitative estimate of drug-likeness (QED) is 0.640. The van der Waals surface area contributed by atoms with E-state index in [0.717, 1.165) is 41.3 Å². The molecular formula is C20H19Cl2N3O3.